The Labute approximate surface area is 353 Å². The second kappa shape index (κ2) is 11.9. The van der Waals surface area contributed by atoms with Crippen molar-refractivity contribution in [3.63, 3.8) is 0 Å². The Hall–Kier alpha value is -7.86. The average Bonchev–Trinajstić information content (AvgIpc) is 3.81. The van der Waals surface area contributed by atoms with Gasteiger partial charge < -0.3 is 9.13 Å². The molecule has 0 atom stereocenters. The van der Waals surface area contributed by atoms with Gasteiger partial charge in [-0.3, -0.25) is 0 Å². The molecule has 2 aromatic heterocycles. The number of fused-ring (bicyclic) bond motifs is 12. The summed E-state index contributed by atoms with van der Waals surface area (Å²) in [6, 6.07) is 59.7. The third kappa shape index (κ3) is 4.42. The molecule has 13 rings (SSSR count). The van der Waals surface area contributed by atoms with Crippen molar-refractivity contribution >= 4 is 93.9 Å². The Bertz CT molecular complexity index is 3620. The van der Waals surface area contributed by atoms with Gasteiger partial charge in [0.05, 0.1) is 40.3 Å². The highest BCUT2D eigenvalue weighted by Gasteiger charge is 2.40. The number of para-hydroxylation sites is 2. The van der Waals surface area contributed by atoms with Crippen LogP contribution in [-0.2, 0) is 5.41 Å². The molecule has 0 spiro atoms. The van der Waals surface area contributed by atoms with Crippen LogP contribution >= 0.6 is 0 Å². The summed E-state index contributed by atoms with van der Waals surface area (Å²) in [5.41, 5.74) is 18.4. The van der Waals surface area contributed by atoms with E-state index in [1.54, 1.807) is 0 Å². The lowest BCUT2D eigenvalue weighted by molar-refractivity contribution is 0.591. The molecular formula is C56H35BN4. The Morgan fingerprint density at radius 1 is 0.508 bits per heavy atom. The quantitative estimate of drug-likeness (QED) is 0.127. The molecule has 9 aromatic carbocycles. The zero-order chi connectivity index (χ0) is 40.9. The Kier molecular flexibility index (Phi) is 6.63. The minimum absolute atomic E-state index is 0.0442. The molecule has 2 aliphatic rings. The van der Waals surface area contributed by atoms with Gasteiger partial charge in [-0.05, 0) is 115 Å². The summed E-state index contributed by atoms with van der Waals surface area (Å²) >= 11 is 0. The van der Waals surface area contributed by atoms with Gasteiger partial charge in [0.15, 0.2) is 5.69 Å². The minimum Gasteiger partial charge on any atom is -0.309 e. The van der Waals surface area contributed by atoms with E-state index in [9.17, 15) is 5.26 Å². The van der Waals surface area contributed by atoms with Crippen LogP contribution < -0.4 is 16.4 Å². The largest absolute Gasteiger partial charge is 0.309 e. The predicted octanol–water partition coefficient (Wildman–Crippen LogP) is 12.4. The van der Waals surface area contributed by atoms with E-state index in [1.807, 2.05) is 24.3 Å². The van der Waals surface area contributed by atoms with Gasteiger partial charge in [0.25, 0.3) is 0 Å². The van der Waals surface area contributed by atoms with Crippen LogP contribution in [0.5, 0.6) is 0 Å². The van der Waals surface area contributed by atoms with E-state index in [-0.39, 0.29) is 12.1 Å². The van der Waals surface area contributed by atoms with Gasteiger partial charge in [-0.25, -0.2) is 4.85 Å². The first-order chi connectivity index (χ1) is 29.8. The second-order valence-electron chi connectivity index (χ2n) is 17.8. The van der Waals surface area contributed by atoms with Crippen LogP contribution in [0.4, 0.5) is 5.69 Å². The molecule has 0 saturated heterocycles. The molecule has 5 heteroatoms. The summed E-state index contributed by atoms with van der Waals surface area (Å²) in [6.07, 6.45) is 0. The summed E-state index contributed by atoms with van der Waals surface area (Å²) in [5, 5.41) is 19.8. The van der Waals surface area contributed by atoms with E-state index in [2.05, 4.69) is 174 Å². The van der Waals surface area contributed by atoms with Gasteiger partial charge in [0.2, 0.25) is 6.71 Å². The predicted molar refractivity (Wildman–Crippen MR) is 255 cm³/mol. The van der Waals surface area contributed by atoms with E-state index in [0.717, 1.165) is 33.4 Å². The summed E-state index contributed by atoms with van der Waals surface area (Å²) < 4.78 is 4.78. The van der Waals surface area contributed by atoms with Crippen LogP contribution in [0.25, 0.3) is 104 Å². The van der Waals surface area contributed by atoms with Crippen LogP contribution in [0.3, 0.4) is 0 Å². The Balaban J connectivity index is 1.20. The first-order valence-corrected chi connectivity index (χ1v) is 21.0. The van der Waals surface area contributed by atoms with Gasteiger partial charge in [-0.2, -0.15) is 5.26 Å². The van der Waals surface area contributed by atoms with Crippen LogP contribution in [0, 0.1) is 17.9 Å². The normalized spacial score (nSPS) is 12.8. The van der Waals surface area contributed by atoms with Crippen molar-refractivity contribution in [1.82, 2.24) is 9.13 Å². The molecule has 282 valence electrons. The van der Waals surface area contributed by atoms with E-state index < -0.39 is 0 Å². The molecule has 0 radical (unpaired) electrons. The van der Waals surface area contributed by atoms with Crippen LogP contribution in [0.2, 0.25) is 0 Å². The summed E-state index contributed by atoms with van der Waals surface area (Å²) in [6.45, 7) is 14.7. The Morgan fingerprint density at radius 2 is 0.984 bits per heavy atom. The number of nitriles is 1. The maximum absolute atomic E-state index is 9.67. The first-order valence-electron chi connectivity index (χ1n) is 21.0. The second-order valence-corrected chi connectivity index (χ2v) is 17.8. The van der Waals surface area contributed by atoms with Gasteiger partial charge >= 0.3 is 0 Å². The molecule has 2 aliphatic heterocycles. The van der Waals surface area contributed by atoms with Gasteiger partial charge in [0.1, 0.15) is 0 Å². The lowest BCUT2D eigenvalue weighted by Crippen LogP contribution is -2.57. The van der Waals surface area contributed by atoms with Gasteiger partial charge in [0, 0.05) is 32.9 Å². The lowest BCUT2D eigenvalue weighted by Gasteiger charge is -2.36. The van der Waals surface area contributed by atoms with Crippen molar-refractivity contribution < 1.29 is 0 Å². The molecular weight excluding hydrogens is 739 g/mol. The molecule has 0 bridgehead atoms. The van der Waals surface area contributed by atoms with Crippen LogP contribution in [0.1, 0.15) is 31.9 Å². The number of hydrogen-bond donors (Lipinski definition) is 0. The zero-order valence-corrected chi connectivity index (χ0v) is 33.9. The number of nitrogens with zero attached hydrogens (tertiary/aromatic N) is 4. The highest BCUT2D eigenvalue weighted by Crippen LogP contribution is 2.48. The van der Waals surface area contributed by atoms with Crippen molar-refractivity contribution in [3.8, 4) is 39.7 Å². The monoisotopic (exact) mass is 774 g/mol. The highest BCUT2D eigenvalue weighted by atomic mass is 15.0. The molecule has 0 unspecified atom stereocenters. The number of hydrogen-bond acceptors (Lipinski definition) is 1. The van der Waals surface area contributed by atoms with Crippen molar-refractivity contribution in [2.45, 2.75) is 26.2 Å². The summed E-state index contributed by atoms with van der Waals surface area (Å²) in [4.78, 5) is 3.70. The van der Waals surface area contributed by atoms with Crippen LogP contribution in [0.15, 0.2) is 158 Å². The molecule has 0 amide bonds. The summed E-state index contributed by atoms with van der Waals surface area (Å²) in [7, 11) is 0. The smallest absolute Gasteiger partial charge is 0.244 e. The van der Waals surface area contributed by atoms with E-state index in [0.29, 0.717) is 11.3 Å². The number of aromatic nitrogens is 2. The number of rotatable bonds is 2. The Morgan fingerprint density at radius 3 is 1.46 bits per heavy atom. The zero-order valence-electron chi connectivity index (χ0n) is 33.9. The fourth-order valence-electron chi connectivity index (χ4n) is 11.1. The van der Waals surface area contributed by atoms with Crippen LogP contribution in [-0.4, -0.2) is 15.8 Å². The number of benzene rings is 9. The molecule has 0 N–H and O–H groups in total. The molecule has 4 heterocycles. The fraction of sp³-hybridized carbons (Fsp3) is 0.0714. The van der Waals surface area contributed by atoms with Gasteiger partial charge in [-0.15, -0.1) is 0 Å². The third-order valence-electron chi connectivity index (χ3n) is 13.7. The fourth-order valence-corrected chi connectivity index (χ4v) is 11.1. The topological polar surface area (TPSA) is 38.0 Å². The summed E-state index contributed by atoms with van der Waals surface area (Å²) in [5.74, 6) is 0. The molecule has 11 aromatic rings. The van der Waals surface area contributed by atoms with E-state index in [1.165, 1.54) is 87.3 Å². The standard InChI is InChI=1S/C56H35BN4/c1-56(2,3)33-27-43-41-29-49-53(37-11-5-7-17-47(37)60(49)35-23-19-32(31-58)20-24-35)39-13-9-15-45(51(39)41)57-46-16-10-14-40-52(46)42(44(28-33)55(43)57)30-50-54(40)38-12-6-8-18-48(38)61(50)36-25-21-34(59-4)22-26-36/h5-30H,1-3H3. The molecule has 61 heavy (non-hydrogen) atoms. The maximum atomic E-state index is 9.67. The third-order valence-corrected chi connectivity index (χ3v) is 13.7. The molecule has 4 nitrogen and oxygen atoms in total. The first kappa shape index (κ1) is 34.1. The van der Waals surface area contributed by atoms with E-state index >= 15 is 0 Å². The minimum atomic E-state index is -0.113. The highest BCUT2D eigenvalue weighted by molar-refractivity contribution is 7.01. The maximum Gasteiger partial charge on any atom is 0.244 e. The lowest BCUT2D eigenvalue weighted by atomic mass is 9.31. The van der Waals surface area contributed by atoms with Gasteiger partial charge in [-0.1, -0.05) is 134 Å². The molecule has 0 saturated carbocycles. The molecule has 0 aliphatic carbocycles. The van der Waals surface area contributed by atoms with Crippen molar-refractivity contribution in [1.29, 1.82) is 5.26 Å². The van der Waals surface area contributed by atoms with E-state index in [4.69, 9.17) is 6.57 Å². The van der Waals surface area contributed by atoms with Crippen molar-refractivity contribution in [3.05, 3.63) is 180 Å². The average molecular weight is 775 g/mol. The van der Waals surface area contributed by atoms with Crippen molar-refractivity contribution in [2.24, 2.45) is 0 Å². The molecule has 0 fully saturated rings. The van der Waals surface area contributed by atoms with Crippen molar-refractivity contribution in [2.75, 3.05) is 0 Å². The SMILES string of the molecule is [C-]#[N+]c1ccc(-n2c3ccccc3c3c4cccc5c4c(cc32)-c2cc(C(C)(C)C)cc3c2B5c2cccc4c2c-3cc2c4c3ccccc3n2-c2ccc(C#N)cc2)cc1.